The molecule has 4 rings (SSSR count). The normalized spacial score (nSPS) is 12.0. The summed E-state index contributed by atoms with van der Waals surface area (Å²) in [5, 5.41) is 1.68. The fourth-order valence-electron chi connectivity index (χ4n) is 3.40. The van der Waals surface area contributed by atoms with Gasteiger partial charge in [0.15, 0.2) is 0 Å². The molecular formula is C19H15NO3. The number of carbonyl (C=O) groups is 1. The molecule has 1 N–H and O–H groups in total. The minimum atomic E-state index is -0.257. The van der Waals surface area contributed by atoms with E-state index in [1.165, 1.54) is 7.11 Å². The molecule has 0 saturated heterocycles. The monoisotopic (exact) mass is 305 g/mol. The third-order valence-corrected chi connectivity index (χ3v) is 4.50. The van der Waals surface area contributed by atoms with Crippen LogP contribution < -0.4 is 5.56 Å². The molecule has 0 bridgehead atoms. The second kappa shape index (κ2) is 5.09. The van der Waals surface area contributed by atoms with Crippen molar-refractivity contribution in [2.24, 2.45) is 0 Å². The first kappa shape index (κ1) is 13.8. The highest BCUT2D eigenvalue weighted by Gasteiger charge is 2.25. The molecule has 4 nitrogen and oxygen atoms in total. The van der Waals surface area contributed by atoms with Gasteiger partial charge in [-0.15, -0.1) is 0 Å². The molecule has 1 aliphatic rings. The summed E-state index contributed by atoms with van der Waals surface area (Å²) in [6.45, 7) is 0. The molecule has 0 aliphatic heterocycles. The molecule has 4 heteroatoms. The Balaban J connectivity index is 1.94. The van der Waals surface area contributed by atoms with Crippen LogP contribution in [-0.2, 0) is 22.4 Å². The molecule has 114 valence electrons. The minimum absolute atomic E-state index is 0.0782. The highest BCUT2D eigenvalue weighted by atomic mass is 16.5. The second-order valence-electron chi connectivity index (χ2n) is 5.73. The largest absolute Gasteiger partial charge is 0.469 e. The first-order valence-corrected chi connectivity index (χ1v) is 7.51. The lowest BCUT2D eigenvalue weighted by Gasteiger charge is -2.07. The molecule has 23 heavy (non-hydrogen) atoms. The van der Waals surface area contributed by atoms with Crippen LogP contribution in [0.1, 0.15) is 16.7 Å². The number of fused-ring (bicyclic) bond motifs is 5. The Kier molecular flexibility index (Phi) is 3.05. The summed E-state index contributed by atoms with van der Waals surface area (Å²) in [5.74, 6) is -0.257. The summed E-state index contributed by atoms with van der Waals surface area (Å²) < 4.78 is 4.78. The van der Waals surface area contributed by atoms with Crippen molar-refractivity contribution in [1.82, 2.24) is 4.98 Å². The van der Waals surface area contributed by atoms with Crippen molar-refractivity contribution in [3.63, 3.8) is 0 Å². The third-order valence-electron chi connectivity index (χ3n) is 4.50. The molecule has 3 aromatic rings. The van der Waals surface area contributed by atoms with Gasteiger partial charge in [0.05, 0.1) is 19.2 Å². The minimum Gasteiger partial charge on any atom is -0.469 e. The number of aromatic amines is 1. The maximum atomic E-state index is 12.3. The van der Waals surface area contributed by atoms with Crippen LogP contribution in [0.5, 0.6) is 0 Å². The molecule has 1 aromatic heterocycles. The molecule has 1 heterocycles. The van der Waals surface area contributed by atoms with Crippen molar-refractivity contribution >= 4 is 16.7 Å². The predicted molar refractivity (Wildman–Crippen MR) is 88.5 cm³/mol. The standard InChI is InChI=1S/C19H15NO3/c1-23-17(21)9-11-5-4-8-13-15(11)10-16-12-6-2-3-7-14(12)19(22)20-18(13)16/h2-8H,9-10H2,1H3,(H,20,22). The Morgan fingerprint density at radius 2 is 1.87 bits per heavy atom. The van der Waals surface area contributed by atoms with E-state index in [2.05, 4.69) is 4.98 Å². The van der Waals surface area contributed by atoms with E-state index < -0.39 is 0 Å². The van der Waals surface area contributed by atoms with E-state index >= 15 is 0 Å². The lowest BCUT2D eigenvalue weighted by molar-refractivity contribution is -0.139. The van der Waals surface area contributed by atoms with Crippen LogP contribution in [0.4, 0.5) is 0 Å². The Bertz CT molecular complexity index is 1000. The summed E-state index contributed by atoms with van der Waals surface area (Å²) in [7, 11) is 1.39. The summed E-state index contributed by atoms with van der Waals surface area (Å²) in [5.41, 5.74) is 4.97. The lowest BCUT2D eigenvalue weighted by Crippen LogP contribution is -2.08. The van der Waals surface area contributed by atoms with Crippen LogP contribution in [0.3, 0.4) is 0 Å². The summed E-state index contributed by atoms with van der Waals surface area (Å²) in [4.78, 5) is 27.0. The molecule has 0 fully saturated rings. The number of esters is 1. The van der Waals surface area contributed by atoms with Crippen LogP contribution >= 0.6 is 0 Å². The Labute approximate surface area is 132 Å². The molecule has 0 saturated carbocycles. The van der Waals surface area contributed by atoms with E-state index in [9.17, 15) is 9.59 Å². The van der Waals surface area contributed by atoms with E-state index in [-0.39, 0.29) is 17.9 Å². The molecule has 0 spiro atoms. The van der Waals surface area contributed by atoms with Crippen LogP contribution in [0.25, 0.3) is 22.0 Å². The van der Waals surface area contributed by atoms with Gasteiger partial charge in [-0.25, -0.2) is 0 Å². The topological polar surface area (TPSA) is 59.2 Å². The maximum Gasteiger partial charge on any atom is 0.309 e. The number of aromatic nitrogens is 1. The summed E-state index contributed by atoms with van der Waals surface area (Å²) >= 11 is 0. The van der Waals surface area contributed by atoms with Gasteiger partial charge in [-0.05, 0) is 28.1 Å². The molecule has 0 atom stereocenters. The SMILES string of the molecule is COC(=O)Cc1cccc2c1Cc1c-2[nH]c(=O)c2ccccc12. The van der Waals surface area contributed by atoms with E-state index in [1.54, 1.807) is 0 Å². The van der Waals surface area contributed by atoms with Gasteiger partial charge in [0.1, 0.15) is 0 Å². The van der Waals surface area contributed by atoms with Crippen LogP contribution in [0.2, 0.25) is 0 Å². The molecule has 1 aliphatic carbocycles. The lowest BCUT2D eigenvalue weighted by atomic mass is 10.00. The first-order chi connectivity index (χ1) is 11.2. The number of H-pyrrole nitrogens is 1. The molecular weight excluding hydrogens is 290 g/mol. The number of nitrogens with one attached hydrogen (secondary N) is 1. The Morgan fingerprint density at radius 3 is 2.65 bits per heavy atom. The van der Waals surface area contributed by atoms with Gasteiger partial charge in [-0.2, -0.15) is 0 Å². The first-order valence-electron chi connectivity index (χ1n) is 7.51. The van der Waals surface area contributed by atoms with Crippen molar-refractivity contribution in [1.29, 1.82) is 0 Å². The maximum absolute atomic E-state index is 12.3. The number of hydrogen-bond acceptors (Lipinski definition) is 3. The highest BCUT2D eigenvalue weighted by molar-refractivity contribution is 5.93. The van der Waals surface area contributed by atoms with Crippen LogP contribution in [0, 0.1) is 0 Å². The van der Waals surface area contributed by atoms with E-state index in [0.717, 1.165) is 39.8 Å². The number of pyridine rings is 1. The zero-order chi connectivity index (χ0) is 16.0. The summed E-state index contributed by atoms with van der Waals surface area (Å²) in [6, 6.07) is 13.5. The molecule has 2 aromatic carbocycles. The Hall–Kier alpha value is -2.88. The highest BCUT2D eigenvalue weighted by Crippen LogP contribution is 2.39. The van der Waals surface area contributed by atoms with Crippen molar-refractivity contribution < 1.29 is 9.53 Å². The predicted octanol–water partition coefficient (Wildman–Crippen LogP) is 2.81. The van der Waals surface area contributed by atoms with Gasteiger partial charge < -0.3 is 9.72 Å². The fourth-order valence-corrected chi connectivity index (χ4v) is 3.40. The fraction of sp³-hybridized carbons (Fsp3) is 0.158. The second-order valence-corrected chi connectivity index (χ2v) is 5.73. The van der Waals surface area contributed by atoms with Gasteiger partial charge >= 0.3 is 5.97 Å². The molecule has 0 amide bonds. The van der Waals surface area contributed by atoms with E-state index in [4.69, 9.17) is 4.74 Å². The number of carbonyl (C=O) groups excluding carboxylic acids is 1. The van der Waals surface area contributed by atoms with Gasteiger partial charge in [0, 0.05) is 17.4 Å². The number of ether oxygens (including phenoxy) is 1. The van der Waals surface area contributed by atoms with Gasteiger partial charge in [-0.1, -0.05) is 36.4 Å². The van der Waals surface area contributed by atoms with Gasteiger partial charge in [0.25, 0.3) is 5.56 Å². The molecule has 0 radical (unpaired) electrons. The number of rotatable bonds is 2. The van der Waals surface area contributed by atoms with Crippen molar-refractivity contribution in [2.45, 2.75) is 12.8 Å². The quantitative estimate of drug-likeness (QED) is 0.579. The number of benzene rings is 2. The average Bonchev–Trinajstić information content (AvgIpc) is 2.95. The number of hydrogen-bond donors (Lipinski definition) is 1. The van der Waals surface area contributed by atoms with E-state index in [0.29, 0.717) is 5.39 Å². The zero-order valence-electron chi connectivity index (χ0n) is 12.7. The van der Waals surface area contributed by atoms with Gasteiger partial charge in [-0.3, -0.25) is 9.59 Å². The zero-order valence-corrected chi connectivity index (χ0v) is 12.7. The van der Waals surface area contributed by atoms with Crippen molar-refractivity contribution in [3.05, 3.63) is 69.5 Å². The Morgan fingerprint density at radius 1 is 1.09 bits per heavy atom. The smallest absolute Gasteiger partial charge is 0.309 e. The molecule has 0 unspecified atom stereocenters. The van der Waals surface area contributed by atoms with Crippen LogP contribution in [-0.4, -0.2) is 18.1 Å². The van der Waals surface area contributed by atoms with Crippen molar-refractivity contribution in [2.75, 3.05) is 7.11 Å². The van der Waals surface area contributed by atoms with E-state index in [1.807, 2.05) is 42.5 Å². The van der Waals surface area contributed by atoms with Crippen LogP contribution in [0.15, 0.2) is 47.3 Å². The van der Waals surface area contributed by atoms with Gasteiger partial charge in [0.2, 0.25) is 0 Å². The number of methoxy groups -OCH3 is 1. The average molecular weight is 305 g/mol. The van der Waals surface area contributed by atoms with Crippen molar-refractivity contribution in [3.8, 4) is 11.3 Å². The summed E-state index contributed by atoms with van der Waals surface area (Å²) in [6.07, 6.45) is 0.963. The third kappa shape index (κ3) is 2.06.